The van der Waals surface area contributed by atoms with E-state index in [0.717, 1.165) is 11.1 Å². The molecule has 90 valence electrons. The third-order valence-corrected chi connectivity index (χ3v) is 2.51. The number of benzene rings is 1. The molecule has 0 aliphatic rings. The van der Waals surface area contributed by atoms with Crippen molar-refractivity contribution in [2.24, 2.45) is 0 Å². The summed E-state index contributed by atoms with van der Waals surface area (Å²) in [4.78, 5) is 0. The number of alkyl halides is 2. The highest BCUT2D eigenvalue weighted by molar-refractivity contribution is 5.64. The van der Waals surface area contributed by atoms with Gasteiger partial charge in [-0.3, -0.25) is 0 Å². The highest BCUT2D eigenvalue weighted by Gasteiger charge is 2.27. The summed E-state index contributed by atoms with van der Waals surface area (Å²) in [6.07, 6.45) is 4.54. The molecule has 0 aliphatic heterocycles. The van der Waals surface area contributed by atoms with E-state index in [1.165, 1.54) is 13.0 Å². The van der Waals surface area contributed by atoms with Gasteiger partial charge in [0.15, 0.2) is 0 Å². The van der Waals surface area contributed by atoms with E-state index in [4.69, 9.17) is 0 Å². The number of halogens is 2. The SMILES string of the molecule is C=Cc1ccccc1/C=C\CC(F)(F)C(=C)C. The minimum atomic E-state index is -2.83. The summed E-state index contributed by atoms with van der Waals surface area (Å²) >= 11 is 0. The summed E-state index contributed by atoms with van der Waals surface area (Å²) in [5, 5.41) is 0. The van der Waals surface area contributed by atoms with Crippen molar-refractivity contribution in [2.45, 2.75) is 19.3 Å². The topological polar surface area (TPSA) is 0 Å². The summed E-state index contributed by atoms with van der Waals surface area (Å²) in [7, 11) is 0. The molecule has 0 radical (unpaired) electrons. The summed E-state index contributed by atoms with van der Waals surface area (Å²) in [6.45, 7) is 8.31. The molecule has 0 aromatic heterocycles. The maximum absolute atomic E-state index is 13.3. The van der Waals surface area contributed by atoms with Crippen LogP contribution < -0.4 is 0 Å². The maximum Gasteiger partial charge on any atom is 0.272 e. The Kier molecular flexibility index (Phi) is 4.38. The minimum absolute atomic E-state index is 0.112. The average Bonchev–Trinajstić information content (AvgIpc) is 2.29. The average molecular weight is 234 g/mol. The number of hydrogen-bond donors (Lipinski definition) is 0. The monoisotopic (exact) mass is 234 g/mol. The molecule has 0 amide bonds. The molecule has 17 heavy (non-hydrogen) atoms. The van der Waals surface area contributed by atoms with E-state index >= 15 is 0 Å². The van der Waals surface area contributed by atoms with Gasteiger partial charge in [0, 0.05) is 6.42 Å². The van der Waals surface area contributed by atoms with E-state index in [1.807, 2.05) is 24.3 Å². The number of allylic oxidation sites excluding steroid dienone is 2. The van der Waals surface area contributed by atoms with Crippen molar-refractivity contribution in [2.75, 3.05) is 0 Å². The van der Waals surface area contributed by atoms with Crippen LogP contribution in [0.25, 0.3) is 12.2 Å². The van der Waals surface area contributed by atoms with Crippen LogP contribution in [0.3, 0.4) is 0 Å². The lowest BCUT2D eigenvalue weighted by Gasteiger charge is -2.13. The van der Waals surface area contributed by atoms with Crippen LogP contribution in [0.5, 0.6) is 0 Å². The lowest BCUT2D eigenvalue weighted by Crippen LogP contribution is -2.15. The largest absolute Gasteiger partial charge is 0.272 e. The maximum atomic E-state index is 13.3. The number of rotatable bonds is 5. The highest BCUT2D eigenvalue weighted by Crippen LogP contribution is 2.27. The zero-order valence-electron chi connectivity index (χ0n) is 9.92. The summed E-state index contributed by atoms with van der Waals surface area (Å²) in [6, 6.07) is 7.51. The van der Waals surface area contributed by atoms with E-state index in [-0.39, 0.29) is 12.0 Å². The van der Waals surface area contributed by atoms with Gasteiger partial charge in [-0.25, -0.2) is 8.78 Å². The third-order valence-electron chi connectivity index (χ3n) is 2.51. The Hall–Kier alpha value is -1.70. The first-order chi connectivity index (χ1) is 7.97. The van der Waals surface area contributed by atoms with Crippen molar-refractivity contribution < 1.29 is 8.78 Å². The number of hydrogen-bond acceptors (Lipinski definition) is 0. The summed E-state index contributed by atoms with van der Waals surface area (Å²) in [5.41, 5.74) is 1.71. The van der Waals surface area contributed by atoms with Crippen LogP contribution in [-0.4, -0.2) is 5.92 Å². The first-order valence-electron chi connectivity index (χ1n) is 5.39. The molecule has 1 aromatic carbocycles. The Morgan fingerprint density at radius 2 is 1.88 bits per heavy atom. The lowest BCUT2D eigenvalue weighted by atomic mass is 10.0. The second-order valence-corrected chi connectivity index (χ2v) is 3.92. The second kappa shape index (κ2) is 5.58. The molecule has 0 saturated heterocycles. The highest BCUT2D eigenvalue weighted by atomic mass is 19.3. The predicted molar refractivity (Wildman–Crippen MR) is 69.9 cm³/mol. The molecular weight excluding hydrogens is 218 g/mol. The minimum Gasteiger partial charge on any atom is -0.201 e. The van der Waals surface area contributed by atoms with Crippen molar-refractivity contribution in [1.82, 2.24) is 0 Å². The zero-order chi connectivity index (χ0) is 12.9. The molecule has 0 N–H and O–H groups in total. The van der Waals surface area contributed by atoms with Gasteiger partial charge in [-0.2, -0.15) is 0 Å². The molecule has 1 rings (SSSR count). The van der Waals surface area contributed by atoms with Crippen LogP contribution in [0.4, 0.5) is 8.78 Å². The third kappa shape index (κ3) is 3.66. The molecule has 0 nitrogen and oxygen atoms in total. The molecule has 0 atom stereocenters. The van der Waals surface area contributed by atoms with Gasteiger partial charge in [0.1, 0.15) is 0 Å². The molecule has 0 bridgehead atoms. The van der Waals surface area contributed by atoms with Crippen molar-refractivity contribution in [3.8, 4) is 0 Å². The van der Waals surface area contributed by atoms with Crippen LogP contribution >= 0.6 is 0 Å². The van der Waals surface area contributed by atoms with E-state index in [1.54, 1.807) is 12.2 Å². The second-order valence-electron chi connectivity index (χ2n) is 3.92. The van der Waals surface area contributed by atoms with Crippen molar-refractivity contribution in [1.29, 1.82) is 0 Å². The standard InChI is InChI=1S/C15H16F2/c1-4-13-8-5-6-9-14(13)10-7-11-15(16,17)12(2)3/h4-10H,1-2,11H2,3H3/b10-7-. The molecule has 0 saturated carbocycles. The van der Waals surface area contributed by atoms with Gasteiger partial charge in [0.25, 0.3) is 5.92 Å². The van der Waals surface area contributed by atoms with E-state index in [2.05, 4.69) is 13.2 Å². The first-order valence-corrected chi connectivity index (χ1v) is 5.39. The van der Waals surface area contributed by atoms with E-state index < -0.39 is 5.92 Å². The molecule has 0 spiro atoms. The molecule has 0 aliphatic carbocycles. The fourth-order valence-electron chi connectivity index (χ4n) is 1.36. The fourth-order valence-corrected chi connectivity index (χ4v) is 1.36. The van der Waals surface area contributed by atoms with Crippen LogP contribution in [0.1, 0.15) is 24.5 Å². The molecule has 2 heteroatoms. The normalized spacial score (nSPS) is 11.7. The van der Waals surface area contributed by atoms with Crippen LogP contribution in [-0.2, 0) is 0 Å². The summed E-state index contributed by atoms with van der Waals surface area (Å²) in [5.74, 6) is -2.83. The summed E-state index contributed by atoms with van der Waals surface area (Å²) < 4.78 is 26.5. The Morgan fingerprint density at radius 3 is 2.41 bits per heavy atom. The van der Waals surface area contributed by atoms with E-state index in [9.17, 15) is 8.78 Å². The van der Waals surface area contributed by atoms with Crippen molar-refractivity contribution in [3.05, 3.63) is 60.2 Å². The molecule has 0 fully saturated rings. The van der Waals surface area contributed by atoms with Gasteiger partial charge in [-0.1, -0.05) is 55.7 Å². The van der Waals surface area contributed by atoms with Gasteiger partial charge in [0.05, 0.1) is 0 Å². The van der Waals surface area contributed by atoms with Crippen molar-refractivity contribution in [3.63, 3.8) is 0 Å². The van der Waals surface area contributed by atoms with Crippen LogP contribution in [0.2, 0.25) is 0 Å². The molecule has 0 heterocycles. The Morgan fingerprint density at radius 1 is 1.29 bits per heavy atom. The predicted octanol–water partition coefficient (Wildman–Crippen LogP) is 4.94. The van der Waals surface area contributed by atoms with Crippen LogP contribution in [0, 0.1) is 0 Å². The smallest absolute Gasteiger partial charge is 0.201 e. The lowest BCUT2D eigenvalue weighted by molar-refractivity contribution is 0.0459. The first kappa shape index (κ1) is 13.4. The Balaban J connectivity index is 2.78. The molecular formula is C15H16F2. The molecule has 0 unspecified atom stereocenters. The van der Waals surface area contributed by atoms with E-state index in [0.29, 0.717) is 0 Å². The van der Waals surface area contributed by atoms with Gasteiger partial charge in [0.2, 0.25) is 0 Å². The fraction of sp³-hybridized carbons (Fsp3) is 0.200. The van der Waals surface area contributed by atoms with Crippen molar-refractivity contribution >= 4 is 12.2 Å². The zero-order valence-corrected chi connectivity index (χ0v) is 9.92. The van der Waals surface area contributed by atoms with Crippen LogP contribution in [0.15, 0.2) is 49.1 Å². The quantitative estimate of drug-likeness (QED) is 0.633. The Labute approximate surface area is 101 Å². The van der Waals surface area contributed by atoms with Gasteiger partial charge >= 0.3 is 0 Å². The van der Waals surface area contributed by atoms with Gasteiger partial charge < -0.3 is 0 Å². The van der Waals surface area contributed by atoms with Gasteiger partial charge in [-0.15, -0.1) is 0 Å². The van der Waals surface area contributed by atoms with Gasteiger partial charge in [-0.05, 0) is 23.6 Å². The Bertz CT molecular complexity index is 442. The molecule has 1 aromatic rings.